The molecule has 0 spiro atoms. The van der Waals surface area contributed by atoms with E-state index in [1.165, 1.54) is 6.92 Å². The number of amides is 3. The third kappa shape index (κ3) is 6.02. The topological polar surface area (TPSA) is 78.5 Å². The minimum Gasteiger partial charge on any atom is -0.349 e. The highest BCUT2D eigenvalue weighted by molar-refractivity contribution is 7.99. The molecule has 2 N–H and O–H groups in total. The largest absolute Gasteiger partial charge is 0.349 e. The Balaban J connectivity index is 1.71. The SMILES string of the molecule is CC(=O)NC(CC(=O)N1CSCC1C(=O)Nc1ccc(C)c(C)c1)c1ccc(Cl)cc1. The molecule has 3 amide bonds. The van der Waals surface area contributed by atoms with E-state index in [2.05, 4.69) is 10.6 Å². The van der Waals surface area contributed by atoms with Gasteiger partial charge in [-0.15, -0.1) is 11.8 Å². The summed E-state index contributed by atoms with van der Waals surface area (Å²) in [4.78, 5) is 39.3. The van der Waals surface area contributed by atoms with Gasteiger partial charge in [-0.2, -0.15) is 0 Å². The van der Waals surface area contributed by atoms with Gasteiger partial charge in [-0.05, 0) is 54.8 Å². The average molecular weight is 460 g/mol. The molecule has 0 saturated carbocycles. The normalized spacial score (nSPS) is 16.6. The number of hydrogen-bond acceptors (Lipinski definition) is 4. The minimum absolute atomic E-state index is 0.0647. The zero-order valence-corrected chi connectivity index (χ0v) is 19.3. The van der Waals surface area contributed by atoms with Crippen LogP contribution in [0, 0.1) is 13.8 Å². The first-order valence-electron chi connectivity index (χ1n) is 10.0. The summed E-state index contributed by atoms with van der Waals surface area (Å²) in [6, 6.07) is 11.7. The van der Waals surface area contributed by atoms with Crippen LogP contribution < -0.4 is 10.6 Å². The van der Waals surface area contributed by atoms with Crippen molar-refractivity contribution < 1.29 is 14.4 Å². The van der Waals surface area contributed by atoms with Crippen molar-refractivity contribution in [2.45, 2.75) is 39.3 Å². The van der Waals surface area contributed by atoms with Crippen LogP contribution in [0.3, 0.4) is 0 Å². The Morgan fingerprint density at radius 3 is 2.48 bits per heavy atom. The van der Waals surface area contributed by atoms with E-state index in [1.54, 1.807) is 40.9 Å². The molecule has 0 aromatic heterocycles. The average Bonchev–Trinajstić information content (AvgIpc) is 3.21. The monoisotopic (exact) mass is 459 g/mol. The quantitative estimate of drug-likeness (QED) is 0.682. The highest BCUT2D eigenvalue weighted by Crippen LogP contribution is 2.27. The fourth-order valence-corrected chi connectivity index (χ4v) is 4.74. The lowest BCUT2D eigenvalue weighted by atomic mass is 10.0. The number of benzene rings is 2. The Hall–Kier alpha value is -2.51. The van der Waals surface area contributed by atoms with Crippen molar-refractivity contribution in [2.24, 2.45) is 0 Å². The molecule has 1 saturated heterocycles. The first-order valence-corrected chi connectivity index (χ1v) is 11.6. The second-order valence-electron chi connectivity index (χ2n) is 7.68. The maximum atomic E-state index is 13.1. The number of nitrogens with one attached hydrogen (secondary N) is 2. The standard InChI is InChI=1S/C23H26ClN3O3S/c1-14-4-9-19(10-15(14)2)26-23(30)21-12-31-13-27(21)22(29)11-20(25-16(3)28)17-5-7-18(24)8-6-17/h4-10,20-21H,11-13H2,1-3H3,(H,25,28)(H,26,30). The van der Waals surface area contributed by atoms with E-state index in [0.717, 1.165) is 22.4 Å². The summed E-state index contributed by atoms with van der Waals surface area (Å²) in [5.74, 6) is 0.362. The van der Waals surface area contributed by atoms with Crippen LogP contribution in [0.25, 0.3) is 0 Å². The molecule has 2 aromatic carbocycles. The maximum absolute atomic E-state index is 13.1. The minimum atomic E-state index is -0.553. The molecule has 3 rings (SSSR count). The molecule has 0 aliphatic carbocycles. The molecule has 0 radical (unpaired) electrons. The summed E-state index contributed by atoms with van der Waals surface area (Å²) < 4.78 is 0. The highest BCUT2D eigenvalue weighted by Gasteiger charge is 2.35. The predicted octanol–water partition coefficient (Wildman–Crippen LogP) is 4.06. The second-order valence-corrected chi connectivity index (χ2v) is 9.11. The maximum Gasteiger partial charge on any atom is 0.248 e. The van der Waals surface area contributed by atoms with E-state index in [0.29, 0.717) is 16.7 Å². The van der Waals surface area contributed by atoms with Crippen molar-refractivity contribution in [2.75, 3.05) is 16.9 Å². The fraction of sp³-hybridized carbons (Fsp3) is 0.348. The summed E-state index contributed by atoms with van der Waals surface area (Å²) in [5.41, 5.74) is 3.75. The second kappa shape index (κ2) is 10.2. The lowest BCUT2D eigenvalue weighted by Gasteiger charge is -2.26. The van der Waals surface area contributed by atoms with Gasteiger partial charge >= 0.3 is 0 Å². The van der Waals surface area contributed by atoms with Crippen LogP contribution in [-0.4, -0.2) is 40.3 Å². The molecule has 2 aromatic rings. The van der Waals surface area contributed by atoms with Crippen molar-refractivity contribution in [3.63, 3.8) is 0 Å². The van der Waals surface area contributed by atoms with Gasteiger partial charge in [-0.3, -0.25) is 14.4 Å². The third-order valence-corrected chi connectivity index (χ3v) is 6.57. The van der Waals surface area contributed by atoms with Crippen molar-refractivity contribution >= 4 is 46.8 Å². The van der Waals surface area contributed by atoms with Gasteiger partial charge in [0, 0.05) is 23.4 Å². The smallest absolute Gasteiger partial charge is 0.248 e. The molecule has 1 heterocycles. The summed E-state index contributed by atoms with van der Waals surface area (Å²) in [5, 5.41) is 6.34. The van der Waals surface area contributed by atoms with E-state index in [9.17, 15) is 14.4 Å². The number of carbonyl (C=O) groups excluding carboxylic acids is 3. The Labute approximate surface area is 191 Å². The van der Waals surface area contributed by atoms with Gasteiger partial charge in [-0.25, -0.2) is 0 Å². The van der Waals surface area contributed by atoms with Crippen LogP contribution in [-0.2, 0) is 14.4 Å². The molecule has 2 unspecified atom stereocenters. The Morgan fingerprint density at radius 1 is 1.13 bits per heavy atom. The molecule has 2 atom stereocenters. The van der Waals surface area contributed by atoms with Gasteiger partial charge in [0.25, 0.3) is 0 Å². The lowest BCUT2D eigenvalue weighted by molar-refractivity contribution is -0.136. The summed E-state index contributed by atoms with van der Waals surface area (Å²) in [6.45, 7) is 5.42. The number of aryl methyl sites for hydroxylation is 2. The molecule has 6 nitrogen and oxygen atoms in total. The van der Waals surface area contributed by atoms with E-state index >= 15 is 0 Å². The number of hydrogen-bond donors (Lipinski definition) is 2. The third-order valence-electron chi connectivity index (χ3n) is 5.31. The Morgan fingerprint density at radius 2 is 1.84 bits per heavy atom. The van der Waals surface area contributed by atoms with Crippen LogP contribution in [0.5, 0.6) is 0 Å². The van der Waals surface area contributed by atoms with Crippen LogP contribution in [0.1, 0.15) is 36.1 Å². The van der Waals surface area contributed by atoms with Gasteiger partial charge in [0.1, 0.15) is 6.04 Å². The van der Waals surface area contributed by atoms with Crippen molar-refractivity contribution in [1.29, 1.82) is 0 Å². The molecule has 8 heteroatoms. The molecule has 1 aliphatic rings. The summed E-state index contributed by atoms with van der Waals surface area (Å²) in [7, 11) is 0. The van der Waals surface area contributed by atoms with Gasteiger partial charge in [0.15, 0.2) is 0 Å². The van der Waals surface area contributed by atoms with Gasteiger partial charge in [-0.1, -0.05) is 29.8 Å². The van der Waals surface area contributed by atoms with Gasteiger partial charge < -0.3 is 15.5 Å². The number of anilines is 1. The number of carbonyl (C=O) groups is 3. The van der Waals surface area contributed by atoms with E-state index in [-0.39, 0.29) is 24.1 Å². The molecule has 0 bridgehead atoms. The first kappa shape index (κ1) is 23.2. The summed E-state index contributed by atoms with van der Waals surface area (Å²) in [6.07, 6.45) is 0.0647. The van der Waals surface area contributed by atoms with Crippen LogP contribution in [0.2, 0.25) is 5.02 Å². The highest BCUT2D eigenvalue weighted by atomic mass is 35.5. The first-order chi connectivity index (χ1) is 14.7. The molecule has 1 aliphatic heterocycles. The summed E-state index contributed by atoms with van der Waals surface area (Å²) >= 11 is 7.50. The predicted molar refractivity (Wildman–Crippen MR) is 125 cm³/mol. The van der Waals surface area contributed by atoms with Gasteiger partial charge in [0.2, 0.25) is 17.7 Å². The molecule has 31 heavy (non-hydrogen) atoms. The molecular weight excluding hydrogens is 434 g/mol. The van der Waals surface area contributed by atoms with Crippen molar-refractivity contribution in [3.05, 3.63) is 64.2 Å². The van der Waals surface area contributed by atoms with Crippen molar-refractivity contribution in [3.8, 4) is 0 Å². The molecule has 164 valence electrons. The molecular formula is C23H26ClN3O3S. The Bertz CT molecular complexity index is 981. The van der Waals surface area contributed by atoms with Crippen LogP contribution in [0.15, 0.2) is 42.5 Å². The fourth-order valence-electron chi connectivity index (χ4n) is 3.43. The van der Waals surface area contributed by atoms with E-state index < -0.39 is 12.1 Å². The van der Waals surface area contributed by atoms with Crippen LogP contribution in [0.4, 0.5) is 5.69 Å². The number of thioether (sulfide) groups is 1. The van der Waals surface area contributed by atoms with Crippen LogP contribution >= 0.6 is 23.4 Å². The lowest BCUT2D eigenvalue weighted by Crippen LogP contribution is -2.45. The van der Waals surface area contributed by atoms with Gasteiger partial charge in [0.05, 0.1) is 18.3 Å². The van der Waals surface area contributed by atoms with E-state index in [4.69, 9.17) is 11.6 Å². The Kier molecular flexibility index (Phi) is 7.62. The number of nitrogens with zero attached hydrogens (tertiary/aromatic N) is 1. The number of halogens is 1. The van der Waals surface area contributed by atoms with E-state index in [1.807, 2.05) is 32.0 Å². The number of rotatable bonds is 6. The van der Waals surface area contributed by atoms with Crippen molar-refractivity contribution in [1.82, 2.24) is 10.2 Å². The zero-order valence-electron chi connectivity index (χ0n) is 17.8. The zero-order chi connectivity index (χ0) is 22.5. The molecule has 1 fully saturated rings.